The first-order chi connectivity index (χ1) is 8.77. The molecule has 1 aromatic heterocycles. The predicted molar refractivity (Wildman–Crippen MR) is 76.1 cm³/mol. The van der Waals surface area contributed by atoms with Gasteiger partial charge in [0, 0.05) is 17.3 Å². The van der Waals surface area contributed by atoms with E-state index in [1.54, 1.807) is 11.3 Å². The molecule has 1 N–H and O–H groups in total. The van der Waals surface area contributed by atoms with Crippen molar-refractivity contribution in [2.24, 2.45) is 17.8 Å². The molecule has 0 unspecified atom stereocenters. The van der Waals surface area contributed by atoms with E-state index in [0.717, 1.165) is 29.4 Å². The lowest BCUT2D eigenvalue weighted by Crippen LogP contribution is -3.00. The minimum atomic E-state index is 0. The second-order valence-corrected chi connectivity index (χ2v) is 7.62. The normalized spacial score (nSPS) is 39.1. The molecule has 5 rings (SSSR count). The van der Waals surface area contributed by atoms with Crippen molar-refractivity contribution >= 4 is 16.5 Å². The Bertz CT molecular complexity index is 421. The van der Waals surface area contributed by atoms with E-state index in [4.69, 9.17) is 4.98 Å². The highest BCUT2D eigenvalue weighted by atomic mass is 35.5. The fraction of sp³-hybridized carbons (Fsp3) is 0.800. The summed E-state index contributed by atoms with van der Waals surface area (Å²) in [5.41, 5.74) is 1.89. The van der Waals surface area contributed by atoms with Crippen LogP contribution in [0.1, 0.15) is 51.1 Å². The Balaban J connectivity index is 0.00000110. The summed E-state index contributed by atoms with van der Waals surface area (Å²) in [5.74, 6) is 3.04. The molecule has 2 nitrogen and oxygen atoms in total. The molecule has 0 spiro atoms. The summed E-state index contributed by atoms with van der Waals surface area (Å²) in [6.45, 7) is 3.12. The summed E-state index contributed by atoms with van der Waals surface area (Å²) in [5, 5.41) is 6.83. The van der Waals surface area contributed by atoms with Gasteiger partial charge < -0.3 is 17.7 Å². The van der Waals surface area contributed by atoms with Crippen molar-refractivity contribution in [2.75, 3.05) is 11.9 Å². The maximum absolute atomic E-state index is 4.90. The second kappa shape index (κ2) is 4.92. The molecule has 0 aliphatic heterocycles. The standard InChI is InChI=1S/C15H22N2S.ClH/c1-2-16-14-17-13(9-18-14)15-6-10-3-11(7-15)5-12(4-10)8-15;/h9-12H,2-8H2,1H3,(H,16,17);1H/p-1. The smallest absolute Gasteiger partial charge is 0.182 e. The lowest BCUT2D eigenvalue weighted by Gasteiger charge is -2.56. The van der Waals surface area contributed by atoms with Crippen molar-refractivity contribution in [2.45, 2.75) is 50.9 Å². The van der Waals surface area contributed by atoms with E-state index in [-0.39, 0.29) is 12.4 Å². The van der Waals surface area contributed by atoms with Gasteiger partial charge in [0.2, 0.25) is 0 Å². The predicted octanol–water partition coefficient (Wildman–Crippen LogP) is 1.05. The van der Waals surface area contributed by atoms with Gasteiger partial charge in [-0.3, -0.25) is 0 Å². The highest BCUT2D eigenvalue weighted by Gasteiger charge is 2.52. The average Bonchev–Trinajstić information content (AvgIpc) is 2.77. The maximum atomic E-state index is 4.90. The molecule has 0 radical (unpaired) electrons. The number of thiazole rings is 1. The van der Waals surface area contributed by atoms with E-state index in [1.807, 2.05) is 0 Å². The van der Waals surface area contributed by atoms with Crippen LogP contribution in [0.15, 0.2) is 5.38 Å². The van der Waals surface area contributed by atoms with Crippen molar-refractivity contribution in [3.63, 3.8) is 0 Å². The molecule has 1 heterocycles. The molecular formula is C15H22ClN2S-. The van der Waals surface area contributed by atoms with E-state index in [2.05, 4.69) is 17.6 Å². The molecule has 0 aromatic carbocycles. The van der Waals surface area contributed by atoms with Gasteiger partial charge >= 0.3 is 0 Å². The monoisotopic (exact) mass is 297 g/mol. The van der Waals surface area contributed by atoms with Gasteiger partial charge in [0.1, 0.15) is 0 Å². The zero-order valence-electron chi connectivity index (χ0n) is 11.5. The zero-order valence-corrected chi connectivity index (χ0v) is 13.1. The average molecular weight is 298 g/mol. The SMILES string of the molecule is CCNc1nc(C23CC4CC(CC(C4)C2)C3)cs1.[Cl-]. The highest BCUT2D eigenvalue weighted by molar-refractivity contribution is 7.13. The van der Waals surface area contributed by atoms with Gasteiger partial charge in [-0.05, 0) is 63.2 Å². The molecule has 106 valence electrons. The molecule has 1 aromatic rings. The van der Waals surface area contributed by atoms with Gasteiger partial charge in [-0.15, -0.1) is 11.3 Å². The number of anilines is 1. The zero-order chi connectivity index (χ0) is 12.2. The Kier molecular flexibility index (Phi) is 3.55. The Morgan fingerprint density at radius 1 is 1.21 bits per heavy atom. The third-order valence-corrected chi connectivity index (χ3v) is 6.21. The van der Waals surface area contributed by atoms with Crippen molar-refractivity contribution in [1.82, 2.24) is 4.98 Å². The van der Waals surface area contributed by atoms with E-state index in [1.165, 1.54) is 44.2 Å². The molecule has 0 atom stereocenters. The van der Waals surface area contributed by atoms with E-state index < -0.39 is 0 Å². The lowest BCUT2D eigenvalue weighted by atomic mass is 9.49. The molecule has 0 amide bonds. The van der Waals surface area contributed by atoms with E-state index in [0.29, 0.717) is 5.41 Å². The molecule has 4 bridgehead atoms. The molecular weight excluding hydrogens is 276 g/mol. The first-order valence-electron chi connectivity index (χ1n) is 7.47. The molecule has 19 heavy (non-hydrogen) atoms. The van der Waals surface area contributed by atoms with Crippen LogP contribution in [0.4, 0.5) is 5.13 Å². The Morgan fingerprint density at radius 3 is 2.32 bits per heavy atom. The van der Waals surface area contributed by atoms with Gasteiger partial charge in [-0.2, -0.15) is 0 Å². The van der Waals surface area contributed by atoms with Gasteiger partial charge in [-0.25, -0.2) is 4.98 Å². The summed E-state index contributed by atoms with van der Waals surface area (Å²) < 4.78 is 0. The van der Waals surface area contributed by atoms with Crippen molar-refractivity contribution in [1.29, 1.82) is 0 Å². The minimum absolute atomic E-state index is 0. The largest absolute Gasteiger partial charge is 1.00 e. The van der Waals surface area contributed by atoms with Crippen LogP contribution in [0.25, 0.3) is 0 Å². The van der Waals surface area contributed by atoms with Crippen LogP contribution in [0.5, 0.6) is 0 Å². The molecule has 4 heteroatoms. The summed E-state index contributed by atoms with van der Waals surface area (Å²) in [6.07, 6.45) is 8.83. The van der Waals surface area contributed by atoms with Gasteiger partial charge in [0.15, 0.2) is 5.13 Å². The van der Waals surface area contributed by atoms with E-state index >= 15 is 0 Å². The fourth-order valence-electron chi connectivity index (χ4n) is 5.17. The number of rotatable bonds is 3. The fourth-order valence-corrected chi connectivity index (χ4v) is 6.08. The number of nitrogens with zero attached hydrogens (tertiary/aromatic N) is 1. The van der Waals surface area contributed by atoms with Crippen LogP contribution in [0.2, 0.25) is 0 Å². The van der Waals surface area contributed by atoms with Crippen molar-refractivity contribution < 1.29 is 12.4 Å². The molecule has 4 aliphatic rings. The third kappa shape index (κ3) is 2.19. The number of hydrogen-bond donors (Lipinski definition) is 1. The molecule has 4 fully saturated rings. The quantitative estimate of drug-likeness (QED) is 0.902. The summed E-state index contributed by atoms with van der Waals surface area (Å²) >= 11 is 1.80. The van der Waals surface area contributed by atoms with Gasteiger partial charge in [-0.1, -0.05) is 0 Å². The highest BCUT2D eigenvalue weighted by Crippen LogP contribution is 2.60. The summed E-state index contributed by atoms with van der Waals surface area (Å²) in [4.78, 5) is 4.90. The van der Waals surface area contributed by atoms with Gasteiger partial charge in [0.05, 0.1) is 5.69 Å². The van der Waals surface area contributed by atoms with Gasteiger partial charge in [0.25, 0.3) is 0 Å². The maximum Gasteiger partial charge on any atom is 0.182 e. The second-order valence-electron chi connectivity index (χ2n) is 6.77. The Labute approximate surface area is 125 Å². The van der Waals surface area contributed by atoms with Crippen molar-refractivity contribution in [3.05, 3.63) is 11.1 Å². The number of hydrogen-bond acceptors (Lipinski definition) is 3. The van der Waals surface area contributed by atoms with Crippen LogP contribution in [0, 0.1) is 17.8 Å². The molecule has 0 saturated heterocycles. The summed E-state index contributed by atoms with van der Waals surface area (Å²) in [7, 11) is 0. The summed E-state index contributed by atoms with van der Waals surface area (Å²) in [6, 6.07) is 0. The lowest BCUT2D eigenvalue weighted by molar-refractivity contribution is -0.00689. The minimum Gasteiger partial charge on any atom is -1.00 e. The van der Waals surface area contributed by atoms with Crippen LogP contribution < -0.4 is 17.7 Å². The number of nitrogens with one attached hydrogen (secondary N) is 1. The topological polar surface area (TPSA) is 24.9 Å². The Morgan fingerprint density at radius 2 is 1.79 bits per heavy atom. The first kappa shape index (κ1) is 13.7. The van der Waals surface area contributed by atoms with E-state index in [9.17, 15) is 0 Å². The van der Waals surface area contributed by atoms with Crippen LogP contribution in [-0.2, 0) is 5.41 Å². The number of aromatic nitrogens is 1. The van der Waals surface area contributed by atoms with Crippen molar-refractivity contribution in [3.8, 4) is 0 Å². The first-order valence-corrected chi connectivity index (χ1v) is 8.35. The Hall–Kier alpha value is -0.280. The van der Waals surface area contributed by atoms with Crippen LogP contribution >= 0.6 is 11.3 Å². The third-order valence-electron chi connectivity index (χ3n) is 5.41. The number of halogens is 1. The van der Waals surface area contributed by atoms with Crippen LogP contribution in [0.3, 0.4) is 0 Å². The van der Waals surface area contributed by atoms with Crippen LogP contribution in [-0.4, -0.2) is 11.5 Å². The molecule has 4 aliphatic carbocycles. The molecule has 4 saturated carbocycles.